The Morgan fingerprint density at radius 1 is 1.31 bits per heavy atom. The van der Waals surface area contributed by atoms with Crippen LogP contribution in [0.15, 0.2) is 0 Å². The number of carbonyl (C=O) groups is 1. The van der Waals surface area contributed by atoms with Gasteiger partial charge in [0.05, 0.1) is 13.0 Å². The maximum Gasteiger partial charge on any atom is 0.309 e. The molecule has 0 bridgehead atoms. The van der Waals surface area contributed by atoms with Crippen molar-refractivity contribution in [2.75, 3.05) is 20.2 Å². The van der Waals surface area contributed by atoms with Crippen LogP contribution in [0.5, 0.6) is 0 Å². The van der Waals surface area contributed by atoms with Gasteiger partial charge in [-0.25, -0.2) is 0 Å². The van der Waals surface area contributed by atoms with Crippen molar-refractivity contribution >= 4 is 5.97 Å². The number of nitrogens with zero attached hydrogens (tertiary/aromatic N) is 1. The van der Waals surface area contributed by atoms with Crippen LogP contribution in [-0.4, -0.2) is 37.1 Å². The number of likely N-dealkylation sites (tertiary alicyclic amines) is 1. The summed E-state index contributed by atoms with van der Waals surface area (Å²) in [5, 5.41) is 0. The number of rotatable bonds is 3. The van der Waals surface area contributed by atoms with Gasteiger partial charge in [0.25, 0.3) is 0 Å². The van der Waals surface area contributed by atoms with Gasteiger partial charge in [-0.15, -0.1) is 0 Å². The average Bonchev–Trinajstić information content (AvgIpc) is 2.29. The largest absolute Gasteiger partial charge is 0.469 e. The van der Waals surface area contributed by atoms with Crippen LogP contribution in [-0.2, 0) is 9.53 Å². The summed E-state index contributed by atoms with van der Waals surface area (Å²) in [5.41, 5.74) is 0. The lowest BCUT2D eigenvalue weighted by atomic mass is 9.87. The molecule has 1 heterocycles. The molecule has 1 rings (SSSR count). The highest BCUT2D eigenvalue weighted by molar-refractivity contribution is 5.72. The quantitative estimate of drug-likeness (QED) is 0.692. The predicted octanol–water partition coefficient (Wildman–Crippen LogP) is 2.16. The summed E-state index contributed by atoms with van der Waals surface area (Å²) in [7, 11) is 1.46. The molecular formula is C13H25NO2. The van der Waals surface area contributed by atoms with Gasteiger partial charge < -0.3 is 4.74 Å². The minimum absolute atomic E-state index is 0.0365. The molecule has 0 aromatic heterocycles. The number of piperidine rings is 1. The third kappa shape index (κ3) is 2.97. The summed E-state index contributed by atoms with van der Waals surface area (Å²) in [6, 6.07) is 0.280. The van der Waals surface area contributed by atoms with Crippen molar-refractivity contribution in [2.24, 2.45) is 17.8 Å². The van der Waals surface area contributed by atoms with Crippen LogP contribution < -0.4 is 0 Å². The van der Waals surface area contributed by atoms with E-state index in [0.29, 0.717) is 0 Å². The summed E-state index contributed by atoms with van der Waals surface area (Å²) in [4.78, 5) is 13.9. The van der Waals surface area contributed by atoms with Gasteiger partial charge in [0.1, 0.15) is 0 Å². The topological polar surface area (TPSA) is 29.5 Å². The van der Waals surface area contributed by atoms with E-state index in [-0.39, 0.29) is 17.9 Å². The smallest absolute Gasteiger partial charge is 0.309 e. The zero-order valence-corrected chi connectivity index (χ0v) is 11.2. The summed E-state index contributed by atoms with van der Waals surface area (Å²) < 4.78 is 4.81. The third-order valence-electron chi connectivity index (χ3n) is 4.24. The lowest BCUT2D eigenvalue weighted by Crippen LogP contribution is -2.47. The second-order valence-electron chi connectivity index (χ2n) is 5.29. The Bertz CT molecular complexity index is 242. The van der Waals surface area contributed by atoms with E-state index in [2.05, 4.69) is 25.7 Å². The number of esters is 1. The van der Waals surface area contributed by atoms with E-state index in [0.717, 1.165) is 24.9 Å². The molecule has 0 N–H and O–H groups in total. The van der Waals surface area contributed by atoms with Gasteiger partial charge in [-0.2, -0.15) is 0 Å². The number of methoxy groups -OCH3 is 1. The van der Waals surface area contributed by atoms with E-state index in [1.54, 1.807) is 0 Å². The van der Waals surface area contributed by atoms with Crippen LogP contribution in [0, 0.1) is 17.8 Å². The zero-order chi connectivity index (χ0) is 12.3. The van der Waals surface area contributed by atoms with E-state index < -0.39 is 0 Å². The third-order valence-corrected chi connectivity index (χ3v) is 4.24. The van der Waals surface area contributed by atoms with Crippen molar-refractivity contribution in [1.29, 1.82) is 0 Å². The standard InChI is InChI=1S/C13H25NO2/c1-9-6-7-14(8-10(9)2)12(4)11(3)13(15)16-5/h9-12H,6-8H2,1-5H3. The molecule has 16 heavy (non-hydrogen) atoms. The van der Waals surface area contributed by atoms with Crippen LogP contribution in [0.3, 0.4) is 0 Å². The number of hydrogen-bond donors (Lipinski definition) is 0. The fourth-order valence-electron chi connectivity index (χ4n) is 2.36. The summed E-state index contributed by atoms with van der Waals surface area (Å²) in [6.07, 6.45) is 1.24. The maximum absolute atomic E-state index is 11.5. The number of carbonyl (C=O) groups excluding carboxylic acids is 1. The second kappa shape index (κ2) is 5.67. The van der Waals surface area contributed by atoms with Crippen molar-refractivity contribution in [3.8, 4) is 0 Å². The van der Waals surface area contributed by atoms with Crippen LogP contribution in [0.2, 0.25) is 0 Å². The molecule has 1 fully saturated rings. The van der Waals surface area contributed by atoms with Gasteiger partial charge in [-0.05, 0) is 31.7 Å². The Balaban J connectivity index is 2.54. The van der Waals surface area contributed by atoms with E-state index in [1.807, 2.05) is 6.92 Å². The fraction of sp³-hybridized carbons (Fsp3) is 0.923. The molecule has 0 saturated carbocycles. The first-order chi connectivity index (χ1) is 7.47. The van der Waals surface area contributed by atoms with Crippen molar-refractivity contribution in [2.45, 2.75) is 40.2 Å². The number of hydrogen-bond acceptors (Lipinski definition) is 3. The van der Waals surface area contributed by atoms with Crippen molar-refractivity contribution < 1.29 is 9.53 Å². The van der Waals surface area contributed by atoms with Crippen molar-refractivity contribution in [3.63, 3.8) is 0 Å². The van der Waals surface area contributed by atoms with Gasteiger partial charge in [0, 0.05) is 12.6 Å². The van der Waals surface area contributed by atoms with E-state index in [4.69, 9.17) is 4.74 Å². The fourth-order valence-corrected chi connectivity index (χ4v) is 2.36. The first-order valence-corrected chi connectivity index (χ1v) is 6.29. The molecule has 0 amide bonds. The van der Waals surface area contributed by atoms with Gasteiger partial charge in [-0.3, -0.25) is 9.69 Å². The minimum atomic E-state index is -0.0984. The molecule has 0 spiro atoms. The Morgan fingerprint density at radius 2 is 1.94 bits per heavy atom. The molecule has 0 aliphatic carbocycles. The lowest BCUT2D eigenvalue weighted by Gasteiger charge is -2.40. The molecule has 0 aromatic carbocycles. The Kier molecular flexibility index (Phi) is 4.78. The molecule has 4 atom stereocenters. The monoisotopic (exact) mass is 227 g/mol. The van der Waals surface area contributed by atoms with Crippen molar-refractivity contribution in [1.82, 2.24) is 4.90 Å². The lowest BCUT2D eigenvalue weighted by molar-refractivity contribution is -0.147. The van der Waals surface area contributed by atoms with Gasteiger partial charge >= 0.3 is 5.97 Å². The van der Waals surface area contributed by atoms with E-state index in [1.165, 1.54) is 13.5 Å². The molecule has 1 aliphatic rings. The summed E-state index contributed by atoms with van der Waals surface area (Å²) in [5.74, 6) is 1.39. The molecule has 0 aromatic rings. The zero-order valence-electron chi connectivity index (χ0n) is 11.2. The molecule has 3 nitrogen and oxygen atoms in total. The maximum atomic E-state index is 11.5. The Hall–Kier alpha value is -0.570. The van der Waals surface area contributed by atoms with Crippen LogP contribution in [0.25, 0.3) is 0 Å². The van der Waals surface area contributed by atoms with Gasteiger partial charge in [0.2, 0.25) is 0 Å². The molecule has 94 valence electrons. The van der Waals surface area contributed by atoms with Crippen molar-refractivity contribution in [3.05, 3.63) is 0 Å². The van der Waals surface area contributed by atoms with Gasteiger partial charge in [-0.1, -0.05) is 20.8 Å². The first-order valence-electron chi connectivity index (χ1n) is 6.29. The normalized spacial score (nSPS) is 30.8. The molecule has 1 aliphatic heterocycles. The molecule has 3 heteroatoms. The van der Waals surface area contributed by atoms with Crippen LogP contribution in [0.4, 0.5) is 0 Å². The minimum Gasteiger partial charge on any atom is -0.469 e. The van der Waals surface area contributed by atoms with Crippen LogP contribution in [0.1, 0.15) is 34.1 Å². The molecule has 4 unspecified atom stereocenters. The van der Waals surface area contributed by atoms with E-state index >= 15 is 0 Å². The highest BCUT2D eigenvalue weighted by Gasteiger charge is 2.31. The molecule has 0 radical (unpaired) electrons. The Labute approximate surface area is 99.1 Å². The Morgan fingerprint density at radius 3 is 2.44 bits per heavy atom. The highest BCUT2D eigenvalue weighted by atomic mass is 16.5. The summed E-state index contributed by atoms with van der Waals surface area (Å²) >= 11 is 0. The summed E-state index contributed by atoms with van der Waals surface area (Å²) in [6.45, 7) is 10.9. The van der Waals surface area contributed by atoms with Crippen LogP contribution >= 0.6 is 0 Å². The van der Waals surface area contributed by atoms with E-state index in [9.17, 15) is 4.79 Å². The molecule has 1 saturated heterocycles. The highest BCUT2D eigenvalue weighted by Crippen LogP contribution is 2.25. The SMILES string of the molecule is COC(=O)C(C)C(C)N1CCC(C)C(C)C1. The predicted molar refractivity (Wildman–Crippen MR) is 65.2 cm³/mol. The first kappa shape index (κ1) is 13.5. The number of ether oxygens (including phenoxy) is 1. The second-order valence-corrected chi connectivity index (χ2v) is 5.29. The van der Waals surface area contributed by atoms with Gasteiger partial charge in [0.15, 0.2) is 0 Å². The average molecular weight is 227 g/mol. The molecular weight excluding hydrogens is 202 g/mol.